The summed E-state index contributed by atoms with van der Waals surface area (Å²) in [5.74, 6) is 1.89. The first-order valence-electron chi connectivity index (χ1n) is 12.5. The van der Waals surface area contributed by atoms with Crippen LogP contribution in [0, 0.1) is 34.5 Å². The molecule has 184 valence electrons. The van der Waals surface area contributed by atoms with Crippen LogP contribution in [0.25, 0.3) is 0 Å². The van der Waals surface area contributed by atoms with E-state index in [0.717, 1.165) is 18.3 Å². The average Bonchev–Trinajstić information content (AvgIpc) is 3.06. The summed E-state index contributed by atoms with van der Waals surface area (Å²) in [6.45, 7) is 14.3. The Morgan fingerprint density at radius 3 is 2.25 bits per heavy atom. The minimum Gasteiger partial charge on any atom is -0.462 e. The highest BCUT2D eigenvalue weighted by atomic mass is 16.6. The molecule has 4 bridgehead atoms. The molecule has 32 heavy (non-hydrogen) atoms. The molecule has 0 aliphatic heterocycles. The third-order valence-corrected chi connectivity index (χ3v) is 8.37. The Morgan fingerprint density at radius 1 is 1.00 bits per heavy atom. The minimum atomic E-state index is -1.10. The van der Waals surface area contributed by atoms with Crippen LogP contribution in [0.15, 0.2) is 0 Å². The molecule has 4 fully saturated rings. The Morgan fingerprint density at radius 2 is 1.69 bits per heavy atom. The second kappa shape index (κ2) is 8.90. The van der Waals surface area contributed by atoms with Crippen LogP contribution in [-0.2, 0) is 23.8 Å². The van der Waals surface area contributed by atoms with Crippen molar-refractivity contribution >= 4 is 11.9 Å². The summed E-state index contributed by atoms with van der Waals surface area (Å²) in [4.78, 5) is 25.4. The van der Waals surface area contributed by atoms with Gasteiger partial charge in [0.25, 0.3) is 0 Å². The third-order valence-electron chi connectivity index (χ3n) is 8.37. The first kappa shape index (κ1) is 25.5. The monoisotopic (exact) mass is 451 g/mol. The molecule has 0 radical (unpaired) electrons. The molecule has 2 N–H and O–H groups in total. The van der Waals surface area contributed by atoms with Crippen molar-refractivity contribution in [2.45, 2.75) is 98.1 Å². The molecule has 6 heteroatoms. The zero-order valence-corrected chi connectivity index (χ0v) is 21.3. The van der Waals surface area contributed by atoms with Crippen molar-refractivity contribution in [3.8, 4) is 0 Å². The minimum absolute atomic E-state index is 0.0687. The van der Waals surface area contributed by atoms with Gasteiger partial charge in [-0.05, 0) is 67.1 Å². The highest BCUT2D eigenvalue weighted by Crippen LogP contribution is 2.65. The zero-order valence-electron chi connectivity index (χ0n) is 21.3. The van der Waals surface area contributed by atoms with Crippen molar-refractivity contribution in [1.29, 1.82) is 0 Å². The van der Waals surface area contributed by atoms with E-state index < -0.39 is 16.9 Å². The molecular weight excluding hydrogens is 406 g/mol. The van der Waals surface area contributed by atoms with Gasteiger partial charge in [0.2, 0.25) is 0 Å². The van der Waals surface area contributed by atoms with Gasteiger partial charge in [-0.3, -0.25) is 4.79 Å². The fourth-order valence-electron chi connectivity index (χ4n) is 6.84. The fourth-order valence-corrected chi connectivity index (χ4v) is 6.84. The van der Waals surface area contributed by atoms with Crippen molar-refractivity contribution in [1.82, 2.24) is 0 Å². The first-order valence-corrected chi connectivity index (χ1v) is 12.5. The molecule has 0 aromatic carbocycles. The lowest BCUT2D eigenvalue weighted by Gasteiger charge is -2.43. The Labute approximate surface area is 194 Å². The molecule has 0 amide bonds. The van der Waals surface area contributed by atoms with Crippen LogP contribution < -0.4 is 5.73 Å². The van der Waals surface area contributed by atoms with Gasteiger partial charge in [0.1, 0.15) is 24.4 Å². The van der Waals surface area contributed by atoms with Gasteiger partial charge in [0.05, 0.1) is 6.61 Å². The summed E-state index contributed by atoms with van der Waals surface area (Å²) >= 11 is 0. The van der Waals surface area contributed by atoms with E-state index in [1.54, 1.807) is 0 Å². The number of esters is 2. The van der Waals surface area contributed by atoms with Crippen LogP contribution >= 0.6 is 0 Å². The molecule has 4 rings (SSSR count). The number of carbonyl (C=O) groups is 2. The van der Waals surface area contributed by atoms with E-state index >= 15 is 0 Å². The summed E-state index contributed by atoms with van der Waals surface area (Å²) in [6.07, 6.45) is 6.33. The lowest BCUT2D eigenvalue weighted by atomic mass is 9.66. The van der Waals surface area contributed by atoms with Crippen molar-refractivity contribution < 1.29 is 23.8 Å². The van der Waals surface area contributed by atoms with Crippen LogP contribution in [0.5, 0.6) is 0 Å². The lowest BCUT2D eigenvalue weighted by Crippen LogP contribution is -2.60. The Balaban J connectivity index is 1.44. The van der Waals surface area contributed by atoms with Crippen LogP contribution in [0.3, 0.4) is 0 Å². The first-order chi connectivity index (χ1) is 14.7. The standard InChI is InChI=1S/C26H45NO5/c1-8-25(19-12-17-11-18(14-19)20(25)13-17)32-21(28)15-30-9-10-31-22(29)26(27,24(5,6)7)16-23(2,3)4/h17-20H,8-16,27H2,1-7H3. The maximum Gasteiger partial charge on any atom is 0.332 e. The van der Waals surface area contributed by atoms with Gasteiger partial charge in [0.15, 0.2) is 0 Å². The van der Waals surface area contributed by atoms with Crippen LogP contribution in [-0.4, -0.2) is 42.9 Å². The number of hydrogen-bond acceptors (Lipinski definition) is 6. The number of rotatable bonds is 9. The van der Waals surface area contributed by atoms with E-state index in [-0.39, 0.29) is 36.8 Å². The van der Waals surface area contributed by atoms with E-state index in [2.05, 4.69) is 27.7 Å². The molecule has 0 aromatic rings. The maximum atomic E-state index is 12.8. The summed E-state index contributed by atoms with van der Waals surface area (Å²) in [7, 11) is 0. The highest BCUT2D eigenvalue weighted by molar-refractivity contribution is 5.81. The van der Waals surface area contributed by atoms with E-state index in [1.807, 2.05) is 20.8 Å². The molecule has 0 heterocycles. The maximum absolute atomic E-state index is 12.8. The summed E-state index contributed by atoms with van der Waals surface area (Å²) < 4.78 is 17.1. The van der Waals surface area contributed by atoms with Gasteiger partial charge in [-0.2, -0.15) is 0 Å². The van der Waals surface area contributed by atoms with Gasteiger partial charge in [0, 0.05) is 5.92 Å². The SMILES string of the molecule is CCC1(OC(=O)COCCOC(=O)C(N)(CC(C)(C)C)C(C)(C)C)C2CC3CC(C2)C1C3. The van der Waals surface area contributed by atoms with Crippen LogP contribution in [0.4, 0.5) is 0 Å². The van der Waals surface area contributed by atoms with E-state index in [0.29, 0.717) is 18.3 Å². The Kier molecular flexibility index (Phi) is 7.09. The van der Waals surface area contributed by atoms with Gasteiger partial charge in [-0.1, -0.05) is 48.5 Å². The zero-order chi connectivity index (χ0) is 23.9. The predicted molar refractivity (Wildman–Crippen MR) is 124 cm³/mol. The third kappa shape index (κ3) is 4.86. The summed E-state index contributed by atoms with van der Waals surface area (Å²) in [6, 6.07) is 0. The molecule has 6 nitrogen and oxygen atoms in total. The topological polar surface area (TPSA) is 87.9 Å². The van der Waals surface area contributed by atoms with E-state index in [4.69, 9.17) is 19.9 Å². The number of hydrogen-bond donors (Lipinski definition) is 1. The van der Waals surface area contributed by atoms with Crippen molar-refractivity contribution in [2.24, 2.45) is 40.2 Å². The van der Waals surface area contributed by atoms with Crippen LogP contribution in [0.2, 0.25) is 0 Å². The van der Waals surface area contributed by atoms with Gasteiger partial charge in [-0.25, -0.2) is 4.79 Å². The van der Waals surface area contributed by atoms with Crippen molar-refractivity contribution in [3.63, 3.8) is 0 Å². The van der Waals surface area contributed by atoms with Gasteiger partial charge < -0.3 is 19.9 Å². The molecule has 4 aliphatic carbocycles. The molecule has 4 saturated carbocycles. The molecule has 6 atom stereocenters. The van der Waals surface area contributed by atoms with Crippen molar-refractivity contribution in [2.75, 3.05) is 19.8 Å². The van der Waals surface area contributed by atoms with E-state index in [9.17, 15) is 9.59 Å². The Bertz CT molecular complexity index is 704. The lowest BCUT2D eigenvalue weighted by molar-refractivity contribution is -0.180. The predicted octanol–water partition coefficient (Wildman–Crippen LogP) is 4.48. The number of carbonyl (C=O) groups excluding carboxylic acids is 2. The largest absolute Gasteiger partial charge is 0.462 e. The molecule has 0 saturated heterocycles. The van der Waals surface area contributed by atoms with Gasteiger partial charge >= 0.3 is 11.9 Å². The normalized spacial score (nSPS) is 33.2. The highest BCUT2D eigenvalue weighted by Gasteiger charge is 2.63. The van der Waals surface area contributed by atoms with Crippen molar-refractivity contribution in [3.05, 3.63) is 0 Å². The summed E-state index contributed by atoms with van der Waals surface area (Å²) in [5, 5.41) is 0. The molecule has 0 aromatic heterocycles. The Hall–Kier alpha value is -1.14. The number of nitrogens with two attached hydrogens (primary N) is 1. The van der Waals surface area contributed by atoms with Gasteiger partial charge in [-0.15, -0.1) is 0 Å². The quantitative estimate of drug-likeness (QED) is 0.411. The molecule has 6 unspecified atom stereocenters. The second-order valence-electron chi connectivity index (χ2n) is 12.8. The smallest absolute Gasteiger partial charge is 0.332 e. The van der Waals surface area contributed by atoms with E-state index in [1.165, 1.54) is 25.7 Å². The molecular formula is C26H45NO5. The molecule has 4 aliphatic rings. The summed E-state index contributed by atoms with van der Waals surface area (Å²) in [5.41, 5.74) is 4.61. The average molecular weight is 452 g/mol. The number of ether oxygens (including phenoxy) is 3. The fraction of sp³-hybridized carbons (Fsp3) is 0.923. The van der Waals surface area contributed by atoms with Crippen LogP contribution in [0.1, 0.15) is 87.0 Å². The second-order valence-corrected chi connectivity index (χ2v) is 12.8. The molecule has 0 spiro atoms.